The van der Waals surface area contributed by atoms with Gasteiger partial charge in [-0.3, -0.25) is 4.79 Å². The highest BCUT2D eigenvalue weighted by Gasteiger charge is 2.47. The zero-order chi connectivity index (χ0) is 23.5. The number of carbonyl (C=O) groups excluding carboxylic acids is 1. The molecule has 3 rings (SSSR count). The fourth-order valence-electron chi connectivity index (χ4n) is 3.99. The minimum Gasteiger partial charge on any atom is -0.369 e. The van der Waals surface area contributed by atoms with Crippen LogP contribution in [0.3, 0.4) is 0 Å². The van der Waals surface area contributed by atoms with Gasteiger partial charge in [0.25, 0.3) is 0 Å². The Morgan fingerprint density at radius 1 is 1.06 bits per heavy atom. The highest BCUT2D eigenvalue weighted by Crippen LogP contribution is 2.30. The molecule has 8 heteroatoms. The molecule has 1 saturated heterocycles. The molecule has 2 aromatic carbocycles. The number of nitrogens with one attached hydrogen (secondary N) is 1. The number of hydrogen-bond donors (Lipinski definition) is 1. The Morgan fingerprint density at radius 2 is 1.64 bits per heavy atom. The predicted molar refractivity (Wildman–Crippen MR) is 125 cm³/mol. The third kappa shape index (κ3) is 7.17. The van der Waals surface area contributed by atoms with Gasteiger partial charge in [-0.05, 0) is 23.1 Å². The Hall–Kier alpha value is -3.16. The van der Waals surface area contributed by atoms with Gasteiger partial charge >= 0.3 is 0 Å². The number of rotatable bonds is 11. The van der Waals surface area contributed by atoms with Gasteiger partial charge in [-0.25, -0.2) is 0 Å². The summed E-state index contributed by atoms with van der Waals surface area (Å²) >= 11 is 0. The van der Waals surface area contributed by atoms with Crippen molar-refractivity contribution in [3.05, 3.63) is 94.9 Å². The van der Waals surface area contributed by atoms with Crippen LogP contribution in [-0.4, -0.2) is 42.9 Å². The van der Waals surface area contributed by atoms with Crippen molar-refractivity contribution < 1.29 is 19.0 Å². The van der Waals surface area contributed by atoms with Gasteiger partial charge < -0.3 is 19.5 Å². The van der Waals surface area contributed by atoms with Gasteiger partial charge in [0.15, 0.2) is 0 Å². The lowest BCUT2D eigenvalue weighted by molar-refractivity contribution is -0.217. The van der Waals surface area contributed by atoms with E-state index in [0.717, 1.165) is 11.1 Å². The first-order chi connectivity index (χ1) is 16.1. The summed E-state index contributed by atoms with van der Waals surface area (Å²) in [5, 5.41) is 6.73. The number of hydrogen-bond acceptors (Lipinski definition) is 5. The first kappa shape index (κ1) is 24.5. The first-order valence-corrected chi connectivity index (χ1v) is 11.0. The van der Waals surface area contributed by atoms with Crippen molar-refractivity contribution in [3.63, 3.8) is 0 Å². The minimum absolute atomic E-state index is 0.0849. The maximum absolute atomic E-state index is 12.1. The van der Waals surface area contributed by atoms with E-state index in [4.69, 9.17) is 19.7 Å². The summed E-state index contributed by atoms with van der Waals surface area (Å²) in [6.45, 7) is 6.03. The Balaban J connectivity index is 1.90. The summed E-state index contributed by atoms with van der Waals surface area (Å²) in [6.07, 6.45) is 0.188. The highest BCUT2D eigenvalue weighted by molar-refractivity contribution is 5.73. The second-order valence-corrected chi connectivity index (χ2v) is 7.90. The van der Waals surface area contributed by atoms with Gasteiger partial charge in [0.2, 0.25) is 5.91 Å². The van der Waals surface area contributed by atoms with Crippen molar-refractivity contribution >= 4 is 5.91 Å². The Bertz CT molecular complexity index is 934. The van der Waals surface area contributed by atoms with E-state index in [-0.39, 0.29) is 12.5 Å². The van der Waals surface area contributed by atoms with Crippen LogP contribution in [0.5, 0.6) is 0 Å². The van der Waals surface area contributed by atoms with E-state index in [9.17, 15) is 4.79 Å². The van der Waals surface area contributed by atoms with E-state index in [1.165, 1.54) is 6.92 Å². The van der Waals surface area contributed by atoms with Crippen LogP contribution in [0.1, 0.15) is 24.5 Å². The summed E-state index contributed by atoms with van der Waals surface area (Å²) in [7, 11) is 0. The van der Waals surface area contributed by atoms with E-state index < -0.39 is 30.5 Å². The molecule has 1 heterocycles. The van der Waals surface area contributed by atoms with E-state index in [1.54, 1.807) is 6.08 Å². The van der Waals surface area contributed by atoms with Crippen molar-refractivity contribution in [2.24, 2.45) is 5.11 Å². The molecule has 1 aliphatic rings. The van der Waals surface area contributed by atoms with Crippen molar-refractivity contribution in [1.82, 2.24) is 5.32 Å². The molecule has 0 aliphatic carbocycles. The van der Waals surface area contributed by atoms with E-state index in [2.05, 4.69) is 21.9 Å². The van der Waals surface area contributed by atoms with Gasteiger partial charge in [0.05, 0.1) is 38.0 Å². The maximum atomic E-state index is 12.1. The topological polar surface area (TPSA) is 106 Å². The summed E-state index contributed by atoms with van der Waals surface area (Å²) in [4.78, 5) is 15.0. The molecule has 1 aliphatic heterocycles. The number of benzene rings is 2. The number of nitrogens with zero attached hydrogens (tertiary/aromatic N) is 3. The summed E-state index contributed by atoms with van der Waals surface area (Å²) in [6, 6.07) is 19.1. The normalized spacial score (nSPS) is 24.5. The number of carbonyl (C=O) groups is 1. The molecule has 1 N–H and O–H groups in total. The van der Waals surface area contributed by atoms with Crippen LogP contribution >= 0.6 is 0 Å². The van der Waals surface area contributed by atoms with Gasteiger partial charge in [-0.2, -0.15) is 0 Å². The lowest BCUT2D eigenvalue weighted by Gasteiger charge is -2.46. The Labute approximate surface area is 194 Å². The standard InChI is InChI=1S/C25H30N4O4/c1-3-10-21-23(28-18(2)30)25(32-17-20-13-8-5-9-14-20)24(22(33-21)15-27-29-26)31-16-19-11-6-4-7-12-19/h3-9,11-14,21-25H,1,10,15-17H2,2H3,(H,28,30)/t21-,22-,23+,24-,25-/m1/s1. The van der Waals surface area contributed by atoms with Crippen LogP contribution in [0.25, 0.3) is 10.4 Å². The van der Waals surface area contributed by atoms with Gasteiger partial charge in [0.1, 0.15) is 12.2 Å². The molecular weight excluding hydrogens is 420 g/mol. The predicted octanol–water partition coefficient (Wildman–Crippen LogP) is 4.32. The number of ether oxygens (including phenoxy) is 3. The molecule has 1 amide bonds. The van der Waals surface area contributed by atoms with Crippen LogP contribution in [0.15, 0.2) is 78.4 Å². The molecule has 0 spiro atoms. The molecule has 8 nitrogen and oxygen atoms in total. The largest absolute Gasteiger partial charge is 0.369 e. The smallest absolute Gasteiger partial charge is 0.217 e. The molecule has 1 fully saturated rings. The summed E-state index contributed by atoms with van der Waals surface area (Å²) < 4.78 is 19.0. The van der Waals surface area contributed by atoms with E-state index in [1.807, 2.05) is 60.7 Å². The molecule has 33 heavy (non-hydrogen) atoms. The van der Waals surface area contributed by atoms with Crippen molar-refractivity contribution in [3.8, 4) is 0 Å². The SMILES string of the molecule is C=CC[C@H]1O[C@H](CN=[N+]=[N-])[C@@H](OCc2ccccc2)[C@H](OCc2ccccc2)[C@H]1NC(C)=O. The molecule has 0 aromatic heterocycles. The van der Waals surface area contributed by atoms with Crippen molar-refractivity contribution in [2.75, 3.05) is 6.54 Å². The summed E-state index contributed by atoms with van der Waals surface area (Å²) in [5.74, 6) is -0.193. The van der Waals surface area contributed by atoms with E-state index >= 15 is 0 Å². The van der Waals surface area contributed by atoms with Crippen LogP contribution in [-0.2, 0) is 32.2 Å². The molecular formula is C25H30N4O4. The van der Waals surface area contributed by atoms with Gasteiger partial charge in [-0.15, -0.1) is 6.58 Å². The van der Waals surface area contributed by atoms with Crippen LogP contribution in [0.2, 0.25) is 0 Å². The lowest BCUT2D eigenvalue weighted by Crippen LogP contribution is -2.65. The zero-order valence-corrected chi connectivity index (χ0v) is 18.7. The third-order valence-electron chi connectivity index (χ3n) is 5.46. The van der Waals surface area contributed by atoms with Gasteiger partial charge in [-0.1, -0.05) is 71.9 Å². The quantitative estimate of drug-likeness (QED) is 0.238. The molecule has 0 bridgehead atoms. The van der Waals surface area contributed by atoms with Crippen LogP contribution in [0.4, 0.5) is 0 Å². The van der Waals surface area contributed by atoms with Crippen LogP contribution in [0, 0.1) is 0 Å². The number of azide groups is 1. The molecule has 174 valence electrons. The molecule has 0 saturated carbocycles. The lowest BCUT2D eigenvalue weighted by atomic mass is 9.90. The average molecular weight is 451 g/mol. The fraction of sp³-hybridized carbons (Fsp3) is 0.400. The molecule has 2 aromatic rings. The average Bonchev–Trinajstić information content (AvgIpc) is 2.83. The minimum atomic E-state index is -0.572. The van der Waals surface area contributed by atoms with Gasteiger partial charge in [0, 0.05) is 11.8 Å². The Kier molecular flexibility index (Phi) is 9.47. The van der Waals surface area contributed by atoms with E-state index in [0.29, 0.717) is 19.6 Å². The second kappa shape index (κ2) is 12.8. The zero-order valence-electron chi connectivity index (χ0n) is 18.7. The first-order valence-electron chi connectivity index (χ1n) is 11.0. The maximum Gasteiger partial charge on any atom is 0.217 e. The van der Waals surface area contributed by atoms with Crippen molar-refractivity contribution in [2.45, 2.75) is 57.0 Å². The molecule has 0 radical (unpaired) electrons. The monoisotopic (exact) mass is 450 g/mol. The second-order valence-electron chi connectivity index (χ2n) is 7.90. The molecule has 5 atom stereocenters. The Morgan fingerprint density at radius 3 is 2.15 bits per heavy atom. The van der Waals surface area contributed by atoms with Crippen LogP contribution < -0.4 is 5.32 Å². The number of amides is 1. The molecule has 0 unspecified atom stereocenters. The fourth-order valence-corrected chi connectivity index (χ4v) is 3.99. The summed E-state index contributed by atoms with van der Waals surface area (Å²) in [5.41, 5.74) is 10.9. The highest BCUT2D eigenvalue weighted by atomic mass is 16.6. The third-order valence-corrected chi connectivity index (χ3v) is 5.46. The van der Waals surface area contributed by atoms with Crippen molar-refractivity contribution in [1.29, 1.82) is 0 Å².